The van der Waals surface area contributed by atoms with Crippen molar-refractivity contribution in [3.8, 4) is 5.69 Å². The molecular weight excluding hydrogens is 372 g/mol. The molecule has 3 aromatic rings. The molecule has 8 nitrogen and oxygen atoms in total. The van der Waals surface area contributed by atoms with Gasteiger partial charge in [0.2, 0.25) is 5.91 Å². The highest BCUT2D eigenvalue weighted by Gasteiger charge is 2.17. The van der Waals surface area contributed by atoms with Gasteiger partial charge in [0.15, 0.2) is 0 Å². The van der Waals surface area contributed by atoms with Crippen LogP contribution in [-0.2, 0) is 11.2 Å². The fourth-order valence-electron chi connectivity index (χ4n) is 3.13. The number of hydrogen-bond acceptors (Lipinski definition) is 4. The Labute approximate surface area is 167 Å². The minimum absolute atomic E-state index is 0.0126. The second-order valence-corrected chi connectivity index (χ2v) is 6.56. The summed E-state index contributed by atoms with van der Waals surface area (Å²) in [4.78, 5) is 34.8. The lowest BCUT2D eigenvalue weighted by molar-refractivity contribution is -0.384. The van der Waals surface area contributed by atoms with Crippen molar-refractivity contribution in [3.63, 3.8) is 0 Å². The third-order valence-corrected chi connectivity index (χ3v) is 4.52. The molecule has 0 fully saturated rings. The van der Waals surface area contributed by atoms with Gasteiger partial charge in [0.25, 0.3) is 11.6 Å². The van der Waals surface area contributed by atoms with Gasteiger partial charge >= 0.3 is 0 Å². The van der Waals surface area contributed by atoms with E-state index in [4.69, 9.17) is 0 Å². The quantitative estimate of drug-likeness (QED) is 0.514. The van der Waals surface area contributed by atoms with Crippen LogP contribution in [0.4, 0.5) is 5.69 Å². The second kappa shape index (κ2) is 8.39. The largest absolute Gasteiger partial charge is 0.318 e. The number of carbonyl (C=O) groups excluding carboxylic acids is 2. The number of aromatic nitrogens is 1. The van der Waals surface area contributed by atoms with E-state index in [2.05, 4.69) is 10.9 Å². The summed E-state index contributed by atoms with van der Waals surface area (Å²) in [5.74, 6) is -0.846. The molecule has 3 rings (SSSR count). The summed E-state index contributed by atoms with van der Waals surface area (Å²) in [6.07, 6.45) is -0.0126. The second-order valence-electron chi connectivity index (χ2n) is 6.56. The molecule has 0 aliphatic carbocycles. The summed E-state index contributed by atoms with van der Waals surface area (Å²) < 4.78 is 1.97. The first kappa shape index (κ1) is 19.8. The van der Waals surface area contributed by atoms with Crippen LogP contribution in [0.25, 0.3) is 5.69 Å². The number of carbonyl (C=O) groups is 2. The highest BCUT2D eigenvalue weighted by molar-refractivity contribution is 5.97. The van der Waals surface area contributed by atoms with Gasteiger partial charge in [0, 0.05) is 29.2 Å². The zero-order valence-corrected chi connectivity index (χ0v) is 16.0. The van der Waals surface area contributed by atoms with Crippen molar-refractivity contribution in [2.45, 2.75) is 20.3 Å². The summed E-state index contributed by atoms with van der Waals surface area (Å²) in [5, 5.41) is 10.7. The molecule has 0 atom stereocenters. The Morgan fingerprint density at radius 2 is 1.66 bits per heavy atom. The molecule has 2 amide bonds. The van der Waals surface area contributed by atoms with Crippen molar-refractivity contribution in [1.29, 1.82) is 0 Å². The third-order valence-electron chi connectivity index (χ3n) is 4.52. The number of aryl methyl sites for hydroxylation is 1. The standard InChI is InChI=1S/C21H20N4O4/c1-14-12-19(15(2)24(14)17-6-4-3-5-7-17)21(27)23-22-20(26)13-16-8-10-18(11-9-16)25(28)29/h3-12H,13H2,1-2H3,(H,22,26)(H,23,27). The van der Waals surface area contributed by atoms with Crippen LogP contribution in [0.3, 0.4) is 0 Å². The van der Waals surface area contributed by atoms with Gasteiger partial charge in [-0.15, -0.1) is 0 Å². The first-order valence-corrected chi connectivity index (χ1v) is 8.93. The molecule has 0 aliphatic rings. The lowest BCUT2D eigenvalue weighted by atomic mass is 10.1. The molecule has 0 bridgehead atoms. The van der Waals surface area contributed by atoms with E-state index < -0.39 is 16.7 Å². The van der Waals surface area contributed by atoms with Crippen LogP contribution in [0.15, 0.2) is 60.7 Å². The van der Waals surface area contributed by atoms with Crippen LogP contribution in [0, 0.1) is 24.0 Å². The fraction of sp³-hybridized carbons (Fsp3) is 0.143. The SMILES string of the molecule is Cc1cc(C(=O)NNC(=O)Cc2ccc([N+](=O)[O-])cc2)c(C)n1-c1ccccc1. The molecule has 0 aliphatic heterocycles. The van der Waals surface area contributed by atoms with Gasteiger partial charge in [-0.25, -0.2) is 0 Å². The van der Waals surface area contributed by atoms with E-state index in [0.29, 0.717) is 11.1 Å². The van der Waals surface area contributed by atoms with Gasteiger partial charge in [-0.1, -0.05) is 30.3 Å². The molecule has 1 heterocycles. The van der Waals surface area contributed by atoms with Crippen LogP contribution in [0.2, 0.25) is 0 Å². The molecule has 8 heteroatoms. The Morgan fingerprint density at radius 3 is 2.28 bits per heavy atom. The zero-order valence-electron chi connectivity index (χ0n) is 16.0. The topological polar surface area (TPSA) is 106 Å². The van der Waals surface area contributed by atoms with Crippen molar-refractivity contribution < 1.29 is 14.5 Å². The van der Waals surface area contributed by atoms with Gasteiger partial charge in [-0.3, -0.25) is 30.6 Å². The van der Waals surface area contributed by atoms with E-state index in [1.807, 2.05) is 48.7 Å². The fourth-order valence-corrected chi connectivity index (χ4v) is 3.13. The number of para-hydroxylation sites is 1. The Balaban J connectivity index is 1.63. The number of hydrazine groups is 1. The van der Waals surface area contributed by atoms with Gasteiger partial charge in [0.1, 0.15) is 0 Å². The minimum Gasteiger partial charge on any atom is -0.318 e. The van der Waals surface area contributed by atoms with E-state index in [1.54, 1.807) is 6.07 Å². The number of nitro benzene ring substituents is 1. The Morgan fingerprint density at radius 1 is 1.00 bits per heavy atom. The summed E-state index contributed by atoms with van der Waals surface area (Å²) >= 11 is 0. The average molecular weight is 392 g/mol. The Bertz CT molecular complexity index is 1060. The predicted molar refractivity (Wildman–Crippen MR) is 108 cm³/mol. The molecule has 0 unspecified atom stereocenters. The zero-order chi connectivity index (χ0) is 21.0. The molecule has 0 saturated heterocycles. The first-order chi connectivity index (χ1) is 13.9. The lowest BCUT2D eigenvalue weighted by Crippen LogP contribution is -2.42. The number of benzene rings is 2. The lowest BCUT2D eigenvalue weighted by Gasteiger charge is -2.10. The molecule has 0 spiro atoms. The highest BCUT2D eigenvalue weighted by atomic mass is 16.6. The highest BCUT2D eigenvalue weighted by Crippen LogP contribution is 2.20. The minimum atomic E-state index is -0.504. The van der Waals surface area contributed by atoms with Crippen molar-refractivity contribution in [1.82, 2.24) is 15.4 Å². The first-order valence-electron chi connectivity index (χ1n) is 8.93. The van der Waals surface area contributed by atoms with Gasteiger partial charge < -0.3 is 4.57 Å². The Hall–Kier alpha value is -3.94. The number of nitrogens with one attached hydrogen (secondary N) is 2. The maximum atomic E-state index is 12.5. The molecular formula is C21H20N4O4. The van der Waals surface area contributed by atoms with Crippen molar-refractivity contribution in [2.75, 3.05) is 0 Å². The van der Waals surface area contributed by atoms with Crippen LogP contribution in [0.5, 0.6) is 0 Å². The van der Waals surface area contributed by atoms with Gasteiger partial charge in [-0.2, -0.15) is 0 Å². The van der Waals surface area contributed by atoms with E-state index in [9.17, 15) is 19.7 Å². The molecule has 2 aromatic carbocycles. The van der Waals surface area contributed by atoms with Crippen molar-refractivity contribution in [3.05, 3.63) is 93.3 Å². The van der Waals surface area contributed by atoms with E-state index >= 15 is 0 Å². The normalized spacial score (nSPS) is 10.4. The summed E-state index contributed by atoms with van der Waals surface area (Å²) in [5.41, 5.74) is 8.43. The Kier molecular flexibility index (Phi) is 5.73. The number of nitro groups is 1. The monoisotopic (exact) mass is 392 g/mol. The number of hydrogen-bond donors (Lipinski definition) is 2. The number of non-ortho nitro benzene ring substituents is 1. The average Bonchev–Trinajstić information content (AvgIpc) is 3.01. The number of rotatable bonds is 5. The van der Waals surface area contributed by atoms with Crippen LogP contribution in [0.1, 0.15) is 27.3 Å². The van der Waals surface area contributed by atoms with Crippen LogP contribution < -0.4 is 10.9 Å². The van der Waals surface area contributed by atoms with Gasteiger partial charge in [0.05, 0.1) is 16.9 Å². The maximum absolute atomic E-state index is 12.5. The number of amides is 2. The summed E-state index contributed by atoms with van der Waals surface area (Å²) in [7, 11) is 0. The van der Waals surface area contributed by atoms with Crippen LogP contribution in [-0.4, -0.2) is 21.3 Å². The van der Waals surface area contributed by atoms with E-state index in [1.165, 1.54) is 24.3 Å². The molecule has 0 saturated carbocycles. The van der Waals surface area contributed by atoms with Crippen molar-refractivity contribution in [2.24, 2.45) is 0 Å². The van der Waals surface area contributed by atoms with E-state index in [-0.39, 0.29) is 12.1 Å². The van der Waals surface area contributed by atoms with Gasteiger partial charge in [-0.05, 0) is 37.6 Å². The maximum Gasteiger partial charge on any atom is 0.271 e. The third kappa shape index (κ3) is 4.49. The van der Waals surface area contributed by atoms with E-state index in [0.717, 1.165) is 17.1 Å². The molecule has 1 aromatic heterocycles. The van der Waals surface area contributed by atoms with Crippen LogP contribution >= 0.6 is 0 Å². The predicted octanol–water partition coefficient (Wildman–Crippen LogP) is 3.01. The molecule has 29 heavy (non-hydrogen) atoms. The molecule has 0 radical (unpaired) electrons. The molecule has 2 N–H and O–H groups in total. The molecule has 148 valence electrons. The summed E-state index contributed by atoms with van der Waals surface area (Å²) in [6.45, 7) is 3.75. The number of nitrogens with zero attached hydrogens (tertiary/aromatic N) is 2. The smallest absolute Gasteiger partial charge is 0.271 e. The summed E-state index contributed by atoms with van der Waals surface area (Å²) in [6, 6.07) is 17.1. The van der Waals surface area contributed by atoms with Crippen molar-refractivity contribution >= 4 is 17.5 Å².